The van der Waals surface area contributed by atoms with Gasteiger partial charge in [-0.1, -0.05) is 13.8 Å². The molecule has 0 spiro atoms. The summed E-state index contributed by atoms with van der Waals surface area (Å²) in [5.74, 6) is 1.85. The smallest absolute Gasteiger partial charge is 0.223 e. The molecule has 1 amide bonds. The molecule has 5 heteroatoms. The summed E-state index contributed by atoms with van der Waals surface area (Å²) >= 11 is 3.45. The van der Waals surface area contributed by atoms with Crippen LogP contribution in [0.2, 0.25) is 0 Å². The van der Waals surface area contributed by atoms with Crippen molar-refractivity contribution in [3.8, 4) is 0 Å². The molecule has 1 aliphatic heterocycles. The van der Waals surface area contributed by atoms with E-state index in [2.05, 4.69) is 64.9 Å². The second-order valence-electron chi connectivity index (χ2n) is 6.60. The third kappa shape index (κ3) is 4.22. The van der Waals surface area contributed by atoms with Crippen molar-refractivity contribution >= 4 is 27.7 Å². The number of amides is 1. The van der Waals surface area contributed by atoms with Crippen LogP contribution < -0.4 is 10.2 Å². The maximum absolute atomic E-state index is 12.3. The number of nitrogens with one attached hydrogen (secondary N) is 1. The molecule has 122 valence electrons. The molecule has 1 aliphatic rings. The van der Waals surface area contributed by atoms with Crippen LogP contribution in [0.1, 0.15) is 39.2 Å². The van der Waals surface area contributed by atoms with Crippen molar-refractivity contribution in [1.82, 2.24) is 10.3 Å². The molecule has 2 heterocycles. The number of carbonyl (C=O) groups is 1. The van der Waals surface area contributed by atoms with E-state index in [0.717, 1.165) is 36.2 Å². The fourth-order valence-corrected chi connectivity index (χ4v) is 3.17. The number of nitrogens with zero attached hydrogens (tertiary/aromatic N) is 2. The van der Waals surface area contributed by atoms with Gasteiger partial charge in [-0.3, -0.25) is 4.79 Å². The fourth-order valence-electron chi connectivity index (χ4n) is 2.73. The second kappa shape index (κ2) is 7.44. The number of pyridine rings is 1. The molecule has 1 saturated heterocycles. The van der Waals surface area contributed by atoms with E-state index < -0.39 is 0 Å². The molecule has 0 saturated carbocycles. The van der Waals surface area contributed by atoms with Gasteiger partial charge < -0.3 is 10.2 Å². The van der Waals surface area contributed by atoms with Crippen LogP contribution in [0.5, 0.6) is 0 Å². The summed E-state index contributed by atoms with van der Waals surface area (Å²) in [6.45, 7) is 10.2. The van der Waals surface area contributed by atoms with Gasteiger partial charge in [-0.25, -0.2) is 4.98 Å². The number of rotatable bonds is 4. The topological polar surface area (TPSA) is 45.2 Å². The molecule has 4 nitrogen and oxygen atoms in total. The summed E-state index contributed by atoms with van der Waals surface area (Å²) in [5, 5.41) is 3.14. The predicted molar refractivity (Wildman–Crippen MR) is 94.1 cm³/mol. The van der Waals surface area contributed by atoms with Crippen LogP contribution in [0.15, 0.2) is 16.7 Å². The molecule has 0 aliphatic carbocycles. The number of hydrogen-bond acceptors (Lipinski definition) is 3. The standard InChI is InChI=1S/C17H26BrN3O/c1-11(2)13(4)20-17(22)14-5-7-21(8-6-14)16-12(3)9-15(18)10-19-16/h9-11,13-14H,5-8H2,1-4H3,(H,20,22). The molecule has 0 aromatic carbocycles. The zero-order valence-corrected chi connectivity index (χ0v) is 15.5. The molecule has 1 aromatic heterocycles. The number of anilines is 1. The maximum atomic E-state index is 12.3. The van der Waals surface area contributed by atoms with Gasteiger partial charge in [-0.15, -0.1) is 0 Å². The average molecular weight is 368 g/mol. The average Bonchev–Trinajstić information content (AvgIpc) is 2.47. The van der Waals surface area contributed by atoms with E-state index in [9.17, 15) is 4.79 Å². The van der Waals surface area contributed by atoms with Crippen LogP contribution in [0.25, 0.3) is 0 Å². The fraction of sp³-hybridized carbons (Fsp3) is 0.647. The first-order valence-electron chi connectivity index (χ1n) is 8.06. The molecule has 0 radical (unpaired) electrons. The Morgan fingerprint density at radius 1 is 1.36 bits per heavy atom. The van der Waals surface area contributed by atoms with E-state index in [1.165, 1.54) is 5.56 Å². The summed E-state index contributed by atoms with van der Waals surface area (Å²) in [7, 11) is 0. The number of hydrogen-bond donors (Lipinski definition) is 1. The highest BCUT2D eigenvalue weighted by atomic mass is 79.9. The van der Waals surface area contributed by atoms with Crippen molar-refractivity contribution in [2.75, 3.05) is 18.0 Å². The van der Waals surface area contributed by atoms with Crippen molar-refractivity contribution in [3.05, 3.63) is 22.3 Å². The van der Waals surface area contributed by atoms with Crippen LogP contribution >= 0.6 is 15.9 Å². The second-order valence-corrected chi connectivity index (χ2v) is 7.51. The Labute approximate surface area is 141 Å². The lowest BCUT2D eigenvalue weighted by atomic mass is 9.94. The minimum absolute atomic E-state index is 0.133. The summed E-state index contributed by atoms with van der Waals surface area (Å²) in [6.07, 6.45) is 3.63. The highest BCUT2D eigenvalue weighted by Gasteiger charge is 2.27. The minimum atomic E-state index is 0.133. The number of halogens is 1. The van der Waals surface area contributed by atoms with Crippen LogP contribution in [-0.2, 0) is 4.79 Å². The highest BCUT2D eigenvalue weighted by molar-refractivity contribution is 9.10. The van der Waals surface area contributed by atoms with E-state index in [1.54, 1.807) is 0 Å². The minimum Gasteiger partial charge on any atom is -0.356 e. The molecule has 1 fully saturated rings. The van der Waals surface area contributed by atoms with Gasteiger partial charge in [0, 0.05) is 35.7 Å². The first-order valence-corrected chi connectivity index (χ1v) is 8.85. The summed E-state index contributed by atoms with van der Waals surface area (Å²) < 4.78 is 1.01. The van der Waals surface area contributed by atoms with Gasteiger partial charge >= 0.3 is 0 Å². The van der Waals surface area contributed by atoms with Crippen molar-refractivity contribution in [2.45, 2.75) is 46.6 Å². The summed E-state index contributed by atoms with van der Waals surface area (Å²) in [4.78, 5) is 19.1. The number of aryl methyl sites for hydroxylation is 1. The molecule has 2 rings (SSSR count). The maximum Gasteiger partial charge on any atom is 0.223 e. The number of carbonyl (C=O) groups excluding carboxylic acids is 1. The van der Waals surface area contributed by atoms with Crippen molar-refractivity contribution < 1.29 is 4.79 Å². The predicted octanol–water partition coefficient (Wildman–Crippen LogP) is 3.53. The van der Waals surface area contributed by atoms with Crippen LogP contribution in [0.4, 0.5) is 5.82 Å². The van der Waals surface area contributed by atoms with Crippen molar-refractivity contribution in [1.29, 1.82) is 0 Å². The molecule has 1 unspecified atom stereocenters. The van der Waals surface area contributed by atoms with Gasteiger partial charge in [0.25, 0.3) is 0 Å². The normalized spacial score (nSPS) is 17.6. The Bertz CT molecular complexity index is 525. The van der Waals surface area contributed by atoms with E-state index in [0.29, 0.717) is 5.92 Å². The lowest BCUT2D eigenvalue weighted by Crippen LogP contribution is -2.44. The first-order chi connectivity index (χ1) is 10.4. The molecule has 22 heavy (non-hydrogen) atoms. The van der Waals surface area contributed by atoms with Gasteiger partial charge in [0.15, 0.2) is 0 Å². The number of aromatic nitrogens is 1. The van der Waals surface area contributed by atoms with E-state index >= 15 is 0 Å². The lowest BCUT2D eigenvalue weighted by Gasteiger charge is -2.33. The molecular formula is C17H26BrN3O. The van der Waals surface area contributed by atoms with Gasteiger partial charge in [0.1, 0.15) is 5.82 Å². The Morgan fingerprint density at radius 2 is 2.00 bits per heavy atom. The van der Waals surface area contributed by atoms with Crippen molar-refractivity contribution in [3.63, 3.8) is 0 Å². The van der Waals surface area contributed by atoms with E-state index in [-0.39, 0.29) is 17.9 Å². The Balaban J connectivity index is 1.91. The van der Waals surface area contributed by atoms with Gasteiger partial charge in [0.2, 0.25) is 5.91 Å². The monoisotopic (exact) mass is 367 g/mol. The van der Waals surface area contributed by atoms with E-state index in [4.69, 9.17) is 0 Å². The van der Waals surface area contributed by atoms with Gasteiger partial charge in [0.05, 0.1) is 0 Å². The van der Waals surface area contributed by atoms with Gasteiger partial charge in [-0.2, -0.15) is 0 Å². The molecule has 0 bridgehead atoms. The zero-order chi connectivity index (χ0) is 16.3. The largest absolute Gasteiger partial charge is 0.356 e. The quantitative estimate of drug-likeness (QED) is 0.884. The molecule has 1 N–H and O–H groups in total. The lowest BCUT2D eigenvalue weighted by molar-refractivity contribution is -0.126. The zero-order valence-electron chi connectivity index (χ0n) is 13.9. The van der Waals surface area contributed by atoms with Crippen LogP contribution in [0, 0.1) is 18.8 Å². The van der Waals surface area contributed by atoms with E-state index in [1.807, 2.05) is 6.20 Å². The molecule has 1 aromatic rings. The van der Waals surface area contributed by atoms with Crippen LogP contribution in [-0.4, -0.2) is 30.0 Å². The molecular weight excluding hydrogens is 342 g/mol. The van der Waals surface area contributed by atoms with Crippen LogP contribution in [0.3, 0.4) is 0 Å². The molecule has 1 atom stereocenters. The third-order valence-electron chi connectivity index (χ3n) is 4.55. The summed E-state index contributed by atoms with van der Waals surface area (Å²) in [5.41, 5.74) is 1.17. The highest BCUT2D eigenvalue weighted by Crippen LogP contribution is 2.26. The first kappa shape index (κ1) is 17.3. The SMILES string of the molecule is Cc1cc(Br)cnc1N1CCC(C(=O)NC(C)C(C)C)CC1. The number of piperidine rings is 1. The Kier molecular flexibility index (Phi) is 5.84. The third-order valence-corrected chi connectivity index (χ3v) is 4.99. The summed E-state index contributed by atoms with van der Waals surface area (Å²) in [6, 6.07) is 2.33. The van der Waals surface area contributed by atoms with Crippen molar-refractivity contribution in [2.24, 2.45) is 11.8 Å². The Morgan fingerprint density at radius 3 is 2.55 bits per heavy atom. The Hall–Kier alpha value is -1.10. The van der Waals surface area contributed by atoms with Gasteiger partial charge in [-0.05, 0) is 60.2 Å².